The summed E-state index contributed by atoms with van der Waals surface area (Å²) in [6.45, 7) is 4.29. The van der Waals surface area contributed by atoms with Gasteiger partial charge in [-0.3, -0.25) is 24.4 Å². The third-order valence-electron chi connectivity index (χ3n) is 5.31. The summed E-state index contributed by atoms with van der Waals surface area (Å²) in [4.78, 5) is 47.2. The van der Waals surface area contributed by atoms with Crippen molar-refractivity contribution in [3.8, 4) is 5.75 Å². The molecule has 39 heavy (non-hydrogen) atoms. The van der Waals surface area contributed by atoms with Crippen LogP contribution >= 0.6 is 11.8 Å². The minimum absolute atomic E-state index is 0.335. The van der Waals surface area contributed by atoms with E-state index in [0.29, 0.717) is 16.5 Å². The van der Waals surface area contributed by atoms with Gasteiger partial charge in [-0.05, 0) is 35.5 Å². The van der Waals surface area contributed by atoms with Gasteiger partial charge < -0.3 is 28.4 Å². The highest BCUT2D eigenvalue weighted by Crippen LogP contribution is 2.31. The second-order valence-corrected chi connectivity index (χ2v) is 9.50. The Hall–Kier alpha value is -3.84. The molecule has 0 saturated carbocycles. The van der Waals surface area contributed by atoms with E-state index in [2.05, 4.69) is 0 Å². The first-order valence-corrected chi connectivity index (χ1v) is 12.9. The van der Waals surface area contributed by atoms with Crippen molar-refractivity contribution in [3.63, 3.8) is 0 Å². The van der Waals surface area contributed by atoms with Gasteiger partial charge in [-0.15, -0.1) is 0 Å². The van der Waals surface area contributed by atoms with Crippen molar-refractivity contribution in [2.75, 3.05) is 6.61 Å². The Bertz CT molecular complexity index is 1170. The Kier molecular flexibility index (Phi) is 10.5. The van der Waals surface area contributed by atoms with Crippen LogP contribution in [0.3, 0.4) is 0 Å². The molecule has 1 aromatic heterocycles. The van der Waals surface area contributed by atoms with Gasteiger partial charge in [0.15, 0.2) is 12.2 Å². The third kappa shape index (κ3) is 8.86. The van der Waals surface area contributed by atoms with E-state index in [-0.39, 0.29) is 6.61 Å². The van der Waals surface area contributed by atoms with Crippen LogP contribution in [0.15, 0.2) is 53.7 Å². The molecule has 1 fully saturated rings. The zero-order chi connectivity index (χ0) is 28.5. The largest absolute Gasteiger partial charge is 0.463 e. The lowest BCUT2D eigenvalue weighted by molar-refractivity contribution is -0.932. The van der Waals surface area contributed by atoms with Crippen LogP contribution in [-0.4, -0.2) is 66.4 Å². The first kappa shape index (κ1) is 29.7. The predicted molar refractivity (Wildman–Crippen MR) is 132 cm³/mol. The molecule has 1 aromatic carbocycles. The average Bonchev–Trinajstić information content (AvgIpc) is 2.86. The number of esters is 4. The number of aromatic nitrogens is 1. The molecule has 2 aromatic rings. The minimum Gasteiger partial charge on any atom is -0.463 e. The Morgan fingerprint density at radius 1 is 0.846 bits per heavy atom. The number of pyridine rings is 1. The number of ether oxygens (including phenoxy) is 6. The summed E-state index contributed by atoms with van der Waals surface area (Å²) in [5, 5.41) is 10.5. The number of carbonyl (C=O) groups is 4. The number of hydrogen-bond donors (Lipinski definition) is 1. The van der Waals surface area contributed by atoms with E-state index in [1.54, 1.807) is 36.4 Å². The summed E-state index contributed by atoms with van der Waals surface area (Å²) in [5.74, 6) is -1.88. The lowest BCUT2D eigenvalue weighted by atomic mass is 9.98. The van der Waals surface area contributed by atoms with Gasteiger partial charge in [0.1, 0.15) is 18.5 Å². The second kappa shape index (κ2) is 13.8. The number of carbonyl (C=O) groups excluding carboxylic acids is 4. The van der Waals surface area contributed by atoms with Gasteiger partial charge in [-0.1, -0.05) is 12.1 Å². The van der Waals surface area contributed by atoms with Crippen LogP contribution in [0, 0.1) is 0 Å². The molecule has 2 heterocycles. The van der Waals surface area contributed by atoms with E-state index in [1.807, 2.05) is 6.07 Å². The van der Waals surface area contributed by atoms with Gasteiger partial charge in [0.05, 0.1) is 0 Å². The summed E-state index contributed by atoms with van der Waals surface area (Å²) >= 11 is 1.43. The summed E-state index contributed by atoms with van der Waals surface area (Å²) in [6, 6.07) is 12.3. The van der Waals surface area contributed by atoms with Crippen molar-refractivity contribution in [2.45, 2.75) is 69.2 Å². The molecule has 0 bridgehead atoms. The molecule has 0 radical (unpaired) electrons. The smallest absolute Gasteiger partial charge is 0.303 e. The van der Waals surface area contributed by atoms with Crippen molar-refractivity contribution >= 4 is 35.6 Å². The van der Waals surface area contributed by atoms with E-state index >= 15 is 0 Å². The van der Waals surface area contributed by atoms with E-state index < -0.39 is 54.6 Å². The lowest BCUT2D eigenvalue weighted by Gasteiger charge is -2.43. The van der Waals surface area contributed by atoms with Gasteiger partial charge in [0.2, 0.25) is 18.6 Å². The molecule has 12 nitrogen and oxygen atoms in total. The fourth-order valence-corrected chi connectivity index (χ4v) is 4.65. The normalized spacial score (nSPS) is 22.3. The van der Waals surface area contributed by atoms with Gasteiger partial charge in [0, 0.05) is 50.3 Å². The zero-order valence-electron chi connectivity index (χ0n) is 21.8. The first-order chi connectivity index (χ1) is 18.5. The summed E-state index contributed by atoms with van der Waals surface area (Å²) in [7, 11) is 0. The molecule has 0 spiro atoms. The maximum absolute atomic E-state index is 12.0. The van der Waals surface area contributed by atoms with E-state index in [0.717, 1.165) is 31.1 Å². The maximum atomic E-state index is 12.0. The molecule has 0 amide bonds. The molecule has 210 valence electrons. The van der Waals surface area contributed by atoms with Crippen LogP contribution in [0.2, 0.25) is 0 Å². The predicted octanol–water partition coefficient (Wildman–Crippen LogP) is 1.97. The highest BCUT2D eigenvalue weighted by molar-refractivity contribution is 7.98. The Morgan fingerprint density at radius 2 is 1.46 bits per heavy atom. The van der Waals surface area contributed by atoms with Crippen molar-refractivity contribution in [1.29, 1.82) is 0 Å². The van der Waals surface area contributed by atoms with E-state index in [9.17, 15) is 24.4 Å². The molecule has 1 N–H and O–H groups in total. The number of thioether (sulfide) groups is 1. The van der Waals surface area contributed by atoms with Crippen LogP contribution in [0.4, 0.5) is 0 Å². The molecular weight excluding hydrogens is 534 g/mol. The van der Waals surface area contributed by atoms with Crippen LogP contribution in [0.5, 0.6) is 5.75 Å². The minimum atomic E-state index is -1.32. The molecule has 0 unspecified atom stereocenters. The maximum Gasteiger partial charge on any atom is 0.303 e. The monoisotopic (exact) mass is 564 g/mol. The average molecular weight is 565 g/mol. The molecular formula is C26H30NO11S+. The van der Waals surface area contributed by atoms with E-state index in [4.69, 9.17) is 28.4 Å². The third-order valence-corrected chi connectivity index (χ3v) is 6.41. The fraction of sp³-hybridized carbons (Fsp3) is 0.423. The highest BCUT2D eigenvalue weighted by atomic mass is 32.2. The summed E-state index contributed by atoms with van der Waals surface area (Å²) < 4.78 is 34.2. The first-order valence-electron chi connectivity index (χ1n) is 11.9. The van der Waals surface area contributed by atoms with Crippen molar-refractivity contribution < 1.29 is 57.5 Å². The van der Waals surface area contributed by atoms with Gasteiger partial charge in [-0.2, -0.15) is 0 Å². The topological polar surface area (TPSA) is 148 Å². The van der Waals surface area contributed by atoms with Crippen molar-refractivity contribution in [1.82, 2.24) is 0 Å². The molecule has 1 aliphatic rings. The standard InChI is InChI=1S/C26H30NO11S/c1-15(28)33-13-21-23(34-16(2)29)24(35-17(3)30)25(36-18(4)31)26(38-21)37-20-10-8-19(9-11-20)14-39-22-7-5-6-12-27(22)32/h5-12,21,23-26,32H,13-14H2,1-4H3/q+1/t21-,23+,24+,25-,26-/m1/s1. The van der Waals surface area contributed by atoms with Crippen LogP contribution in [0.1, 0.15) is 33.3 Å². The molecule has 1 saturated heterocycles. The number of rotatable bonds is 10. The van der Waals surface area contributed by atoms with Gasteiger partial charge >= 0.3 is 23.9 Å². The van der Waals surface area contributed by atoms with Gasteiger partial charge in [0.25, 0.3) is 5.03 Å². The van der Waals surface area contributed by atoms with Crippen LogP contribution in [0.25, 0.3) is 0 Å². The Labute approximate surface area is 229 Å². The highest BCUT2D eigenvalue weighted by Gasteiger charge is 2.53. The van der Waals surface area contributed by atoms with Crippen LogP contribution in [-0.2, 0) is 48.6 Å². The Balaban J connectivity index is 1.83. The number of nitrogens with zero attached hydrogens (tertiary/aromatic N) is 1. The molecule has 3 rings (SSSR count). The second-order valence-electron chi connectivity index (χ2n) is 8.50. The zero-order valence-corrected chi connectivity index (χ0v) is 22.6. The Morgan fingerprint density at radius 3 is 2.05 bits per heavy atom. The van der Waals surface area contributed by atoms with Crippen LogP contribution < -0.4 is 9.47 Å². The molecule has 13 heteroatoms. The van der Waals surface area contributed by atoms with Gasteiger partial charge in [-0.25, -0.2) is 0 Å². The SMILES string of the molecule is CC(=O)OC[C@H]1O[C@@H](Oc2ccc(CSc3cccc[n+]3O)cc2)[C@H](OC(C)=O)[C@@H](OC(C)=O)[C@H]1OC(C)=O. The molecule has 1 aliphatic heterocycles. The quantitative estimate of drug-likeness (QED) is 0.148. The lowest BCUT2D eigenvalue weighted by Crippen LogP contribution is -2.63. The summed E-state index contributed by atoms with van der Waals surface area (Å²) in [6.07, 6.45) is -4.79. The van der Waals surface area contributed by atoms with Crippen molar-refractivity contribution in [2.24, 2.45) is 0 Å². The number of hydrogen-bond acceptors (Lipinski definition) is 12. The molecule has 0 aliphatic carbocycles. The van der Waals surface area contributed by atoms with Crippen molar-refractivity contribution in [3.05, 3.63) is 54.2 Å². The molecule has 5 atom stereocenters. The fourth-order valence-electron chi connectivity index (χ4n) is 3.77. The van der Waals surface area contributed by atoms with E-state index in [1.165, 1.54) is 24.9 Å². The number of benzene rings is 1. The summed E-state index contributed by atoms with van der Waals surface area (Å²) in [5.41, 5.74) is 0.928.